The summed E-state index contributed by atoms with van der Waals surface area (Å²) in [5, 5.41) is 5.82. The van der Waals surface area contributed by atoms with Crippen molar-refractivity contribution in [1.29, 1.82) is 0 Å². The van der Waals surface area contributed by atoms with E-state index in [9.17, 15) is 9.59 Å². The number of ether oxygens (including phenoxy) is 2. The van der Waals surface area contributed by atoms with Gasteiger partial charge < -0.3 is 20.1 Å². The SMILES string of the molecule is COc1ccc(CNC(=O)C2(C(=O)NCCCc3ccccc3)CC2)cc1OC. The second-order valence-electron chi connectivity index (χ2n) is 7.30. The Bertz CT molecular complexity index is 847. The van der Waals surface area contributed by atoms with Crippen LogP contribution in [0.25, 0.3) is 0 Å². The van der Waals surface area contributed by atoms with E-state index in [4.69, 9.17) is 9.47 Å². The van der Waals surface area contributed by atoms with Crippen molar-refractivity contribution in [2.75, 3.05) is 20.8 Å². The van der Waals surface area contributed by atoms with Crippen molar-refractivity contribution in [1.82, 2.24) is 10.6 Å². The minimum atomic E-state index is -0.913. The van der Waals surface area contributed by atoms with E-state index >= 15 is 0 Å². The summed E-state index contributed by atoms with van der Waals surface area (Å²) in [6.45, 7) is 0.903. The molecule has 0 spiro atoms. The Morgan fingerprint density at radius 3 is 2.24 bits per heavy atom. The molecule has 2 aromatic rings. The first kappa shape index (κ1) is 20.7. The van der Waals surface area contributed by atoms with E-state index < -0.39 is 5.41 Å². The monoisotopic (exact) mass is 396 g/mol. The fourth-order valence-corrected chi connectivity index (χ4v) is 3.33. The maximum absolute atomic E-state index is 12.6. The molecule has 2 amide bonds. The summed E-state index contributed by atoms with van der Waals surface area (Å²) < 4.78 is 10.5. The van der Waals surface area contributed by atoms with Crippen LogP contribution in [-0.2, 0) is 22.6 Å². The van der Waals surface area contributed by atoms with E-state index in [0.717, 1.165) is 18.4 Å². The molecule has 0 unspecified atom stereocenters. The molecular formula is C23H28N2O4. The maximum atomic E-state index is 12.6. The van der Waals surface area contributed by atoms with Crippen LogP contribution in [0.5, 0.6) is 11.5 Å². The molecule has 0 aromatic heterocycles. The predicted octanol–water partition coefficient (Wildman–Crippen LogP) is 2.85. The van der Waals surface area contributed by atoms with Crippen LogP contribution in [0, 0.1) is 5.41 Å². The summed E-state index contributed by atoms with van der Waals surface area (Å²) >= 11 is 0. The van der Waals surface area contributed by atoms with Crippen molar-refractivity contribution in [3.63, 3.8) is 0 Å². The molecule has 3 rings (SSSR count). The van der Waals surface area contributed by atoms with Crippen molar-refractivity contribution >= 4 is 11.8 Å². The molecule has 6 nitrogen and oxygen atoms in total. The molecule has 1 aliphatic carbocycles. The van der Waals surface area contributed by atoms with E-state index in [0.29, 0.717) is 37.4 Å². The van der Waals surface area contributed by atoms with Gasteiger partial charge in [-0.25, -0.2) is 0 Å². The molecule has 2 N–H and O–H groups in total. The summed E-state index contributed by atoms with van der Waals surface area (Å²) in [7, 11) is 3.15. The van der Waals surface area contributed by atoms with Crippen LogP contribution in [-0.4, -0.2) is 32.6 Å². The molecule has 1 aliphatic rings. The highest BCUT2D eigenvalue weighted by molar-refractivity contribution is 6.07. The third-order valence-corrected chi connectivity index (χ3v) is 5.29. The lowest BCUT2D eigenvalue weighted by Gasteiger charge is -2.16. The third-order valence-electron chi connectivity index (χ3n) is 5.29. The highest BCUT2D eigenvalue weighted by atomic mass is 16.5. The van der Waals surface area contributed by atoms with Crippen molar-refractivity contribution in [3.8, 4) is 11.5 Å². The first-order chi connectivity index (χ1) is 14.1. The third kappa shape index (κ3) is 5.08. The van der Waals surface area contributed by atoms with Gasteiger partial charge in [-0.2, -0.15) is 0 Å². The number of benzene rings is 2. The van der Waals surface area contributed by atoms with Crippen molar-refractivity contribution in [2.24, 2.45) is 5.41 Å². The lowest BCUT2D eigenvalue weighted by atomic mass is 10.0. The van der Waals surface area contributed by atoms with Gasteiger partial charge in [-0.05, 0) is 48.9 Å². The van der Waals surface area contributed by atoms with Gasteiger partial charge in [0.2, 0.25) is 11.8 Å². The number of rotatable bonds is 10. The van der Waals surface area contributed by atoms with Crippen LogP contribution >= 0.6 is 0 Å². The van der Waals surface area contributed by atoms with Gasteiger partial charge >= 0.3 is 0 Å². The van der Waals surface area contributed by atoms with Gasteiger partial charge in [0, 0.05) is 13.1 Å². The number of hydrogen-bond acceptors (Lipinski definition) is 4. The summed E-state index contributed by atoms with van der Waals surface area (Å²) in [4.78, 5) is 25.2. The van der Waals surface area contributed by atoms with Crippen LogP contribution in [0.2, 0.25) is 0 Å². The molecular weight excluding hydrogens is 368 g/mol. The Morgan fingerprint density at radius 2 is 1.59 bits per heavy atom. The number of hydrogen-bond donors (Lipinski definition) is 2. The summed E-state index contributed by atoms with van der Waals surface area (Å²) in [5.74, 6) is 0.857. The van der Waals surface area contributed by atoms with Crippen LogP contribution in [0.4, 0.5) is 0 Å². The molecule has 0 saturated heterocycles. The summed E-state index contributed by atoms with van der Waals surface area (Å²) in [6, 6.07) is 15.6. The first-order valence-electron chi connectivity index (χ1n) is 9.90. The lowest BCUT2D eigenvalue weighted by Crippen LogP contribution is -2.43. The largest absolute Gasteiger partial charge is 0.493 e. The molecule has 6 heteroatoms. The van der Waals surface area contributed by atoms with Gasteiger partial charge in [-0.3, -0.25) is 9.59 Å². The van der Waals surface area contributed by atoms with Crippen molar-refractivity contribution < 1.29 is 19.1 Å². The number of aryl methyl sites for hydroxylation is 1. The van der Waals surface area contributed by atoms with Gasteiger partial charge in [-0.1, -0.05) is 36.4 Å². The summed E-state index contributed by atoms with van der Waals surface area (Å²) in [6.07, 6.45) is 2.93. The minimum Gasteiger partial charge on any atom is -0.493 e. The second kappa shape index (κ2) is 9.45. The summed E-state index contributed by atoms with van der Waals surface area (Å²) in [5.41, 5.74) is 1.22. The molecule has 1 saturated carbocycles. The Balaban J connectivity index is 1.46. The zero-order chi connectivity index (χ0) is 20.7. The highest BCUT2D eigenvalue weighted by Crippen LogP contribution is 2.46. The predicted molar refractivity (Wildman–Crippen MR) is 111 cm³/mol. The van der Waals surface area contributed by atoms with Gasteiger partial charge in [0.25, 0.3) is 0 Å². The number of methoxy groups -OCH3 is 2. The van der Waals surface area contributed by atoms with Gasteiger partial charge in [0.1, 0.15) is 5.41 Å². The molecule has 1 fully saturated rings. The van der Waals surface area contributed by atoms with E-state index in [1.54, 1.807) is 20.3 Å². The topological polar surface area (TPSA) is 76.7 Å². The van der Waals surface area contributed by atoms with Gasteiger partial charge in [-0.15, -0.1) is 0 Å². The van der Waals surface area contributed by atoms with Crippen LogP contribution in [0.1, 0.15) is 30.4 Å². The molecule has 154 valence electrons. The molecule has 0 bridgehead atoms. The van der Waals surface area contributed by atoms with E-state index in [1.807, 2.05) is 30.3 Å². The zero-order valence-corrected chi connectivity index (χ0v) is 17.0. The van der Waals surface area contributed by atoms with E-state index in [1.165, 1.54) is 5.56 Å². The molecule has 0 aliphatic heterocycles. The molecule has 0 heterocycles. The number of nitrogens with one attached hydrogen (secondary N) is 2. The quantitative estimate of drug-likeness (QED) is 0.478. The number of carbonyl (C=O) groups excluding carboxylic acids is 2. The Kier molecular flexibility index (Phi) is 6.75. The van der Waals surface area contributed by atoms with E-state index in [-0.39, 0.29) is 11.8 Å². The van der Waals surface area contributed by atoms with Crippen LogP contribution < -0.4 is 20.1 Å². The normalized spacial score (nSPS) is 14.0. The smallest absolute Gasteiger partial charge is 0.235 e. The standard InChI is InChI=1S/C23H28N2O4/c1-28-19-11-10-18(15-20(19)29-2)16-25-22(27)23(12-13-23)21(26)24-14-6-9-17-7-4-3-5-8-17/h3-5,7-8,10-11,15H,6,9,12-14,16H2,1-2H3,(H,24,26)(H,25,27). The first-order valence-corrected chi connectivity index (χ1v) is 9.90. The lowest BCUT2D eigenvalue weighted by molar-refractivity contribution is -0.137. The number of amides is 2. The molecule has 0 radical (unpaired) electrons. The van der Waals surface area contributed by atoms with Crippen LogP contribution in [0.15, 0.2) is 48.5 Å². The van der Waals surface area contributed by atoms with Gasteiger partial charge in [0.05, 0.1) is 14.2 Å². The second-order valence-corrected chi connectivity index (χ2v) is 7.30. The molecule has 0 atom stereocenters. The van der Waals surface area contributed by atoms with Crippen LogP contribution in [0.3, 0.4) is 0 Å². The Hall–Kier alpha value is -3.02. The van der Waals surface area contributed by atoms with Crippen molar-refractivity contribution in [2.45, 2.75) is 32.2 Å². The van der Waals surface area contributed by atoms with E-state index in [2.05, 4.69) is 22.8 Å². The zero-order valence-electron chi connectivity index (χ0n) is 17.0. The average molecular weight is 396 g/mol. The molecule has 29 heavy (non-hydrogen) atoms. The minimum absolute atomic E-state index is 0.171. The Morgan fingerprint density at radius 1 is 0.897 bits per heavy atom. The maximum Gasteiger partial charge on any atom is 0.235 e. The fourth-order valence-electron chi connectivity index (χ4n) is 3.33. The van der Waals surface area contributed by atoms with Crippen molar-refractivity contribution in [3.05, 3.63) is 59.7 Å². The Labute approximate surface area is 171 Å². The number of carbonyl (C=O) groups is 2. The highest BCUT2D eigenvalue weighted by Gasteiger charge is 2.56. The van der Waals surface area contributed by atoms with Gasteiger partial charge in [0.15, 0.2) is 11.5 Å². The fraction of sp³-hybridized carbons (Fsp3) is 0.391. The molecule has 2 aromatic carbocycles. The average Bonchev–Trinajstić information content (AvgIpc) is 3.57.